The highest BCUT2D eigenvalue weighted by molar-refractivity contribution is 7.96. The van der Waals surface area contributed by atoms with Crippen molar-refractivity contribution in [3.63, 3.8) is 0 Å². The molecule has 1 nitrogen and oxygen atoms in total. The molecule has 0 fully saturated rings. The van der Waals surface area contributed by atoms with Crippen LogP contribution in [0.2, 0.25) is 0 Å². The first-order valence-electron chi connectivity index (χ1n) is 7.90. The van der Waals surface area contributed by atoms with Crippen LogP contribution in [0, 0.1) is 0 Å². The van der Waals surface area contributed by atoms with E-state index in [2.05, 4.69) is 36.4 Å². The first-order chi connectivity index (χ1) is 11.8. The molecule has 0 bridgehead atoms. The molecule has 3 aromatic rings. The van der Waals surface area contributed by atoms with Crippen LogP contribution in [-0.4, -0.2) is 17.8 Å². The Kier molecular flexibility index (Phi) is 7.20. The lowest BCUT2D eigenvalue weighted by molar-refractivity contribution is -0.114. The maximum Gasteiger partial charge on any atom is 0.185 e. The predicted molar refractivity (Wildman–Crippen MR) is 106 cm³/mol. The highest BCUT2D eigenvalue weighted by Crippen LogP contribution is 2.55. The summed E-state index contributed by atoms with van der Waals surface area (Å²) in [5, 5.41) is 3.63. The Hall–Kier alpha value is -1.66. The van der Waals surface area contributed by atoms with Crippen LogP contribution >= 0.6 is 18.9 Å². The number of ketones is 1. The lowest BCUT2D eigenvalue weighted by Gasteiger charge is -2.26. The second-order valence-corrected chi connectivity index (χ2v) is 9.40. The summed E-state index contributed by atoms with van der Waals surface area (Å²) in [6.07, 6.45) is 0.453. The lowest BCUT2D eigenvalue weighted by atomic mass is 10.4. The second-order valence-electron chi connectivity index (χ2n) is 5.65. The van der Waals surface area contributed by atoms with Crippen molar-refractivity contribution in [1.82, 2.24) is 0 Å². The third-order valence-corrected chi connectivity index (χ3v) is 8.82. The zero-order valence-corrected chi connectivity index (χ0v) is 16.1. The largest absolute Gasteiger partial charge is 1.00 e. The summed E-state index contributed by atoms with van der Waals surface area (Å²) < 4.78 is 0. The zero-order chi connectivity index (χ0) is 16.8. The normalized spacial score (nSPS) is 10.8. The van der Waals surface area contributed by atoms with Gasteiger partial charge in [0.2, 0.25) is 0 Å². The summed E-state index contributed by atoms with van der Waals surface area (Å²) in [6.45, 7) is 0. The number of Topliss-reactive ketones (excluding diaryl/α,β-unsaturated/α-hetero) is 1. The average molecular weight is 389 g/mol. The lowest BCUT2D eigenvalue weighted by Crippen LogP contribution is -3.00. The van der Waals surface area contributed by atoms with Crippen molar-refractivity contribution < 1.29 is 17.2 Å². The number of hydrogen-bond acceptors (Lipinski definition) is 1. The number of rotatable bonds is 6. The molecule has 0 amide bonds. The molecule has 0 aromatic heterocycles. The Morgan fingerprint density at radius 2 is 1.00 bits per heavy atom. The van der Waals surface area contributed by atoms with Crippen molar-refractivity contribution in [1.29, 1.82) is 0 Å². The standard InChI is InChI=1S/C21H19ClOP.ClH/c22-16-18(23)17-24(19-10-4-1-5-11-19,20-12-6-2-7-13-20)21-14-8-3-9-15-21;/h1-15H,16-17H2;1H/q+1;/p-1. The summed E-state index contributed by atoms with van der Waals surface area (Å²) in [5.74, 6) is 0.135. The maximum atomic E-state index is 12.4. The van der Waals surface area contributed by atoms with E-state index in [4.69, 9.17) is 11.6 Å². The van der Waals surface area contributed by atoms with Gasteiger partial charge in [-0.2, -0.15) is 0 Å². The van der Waals surface area contributed by atoms with Crippen molar-refractivity contribution in [2.75, 3.05) is 12.0 Å². The molecule has 0 N–H and O–H groups in total. The summed E-state index contributed by atoms with van der Waals surface area (Å²) >= 11 is 5.89. The molecule has 0 aliphatic rings. The van der Waals surface area contributed by atoms with Crippen molar-refractivity contribution in [2.45, 2.75) is 0 Å². The first-order valence-corrected chi connectivity index (χ1v) is 10.4. The molecule has 0 spiro atoms. The van der Waals surface area contributed by atoms with Crippen LogP contribution < -0.4 is 28.3 Å². The van der Waals surface area contributed by atoms with Gasteiger partial charge in [-0.3, -0.25) is 4.79 Å². The molecule has 0 saturated heterocycles. The minimum atomic E-state index is -2.06. The van der Waals surface area contributed by atoms with Gasteiger partial charge in [-0.25, -0.2) is 0 Å². The van der Waals surface area contributed by atoms with E-state index in [9.17, 15) is 4.79 Å². The SMILES string of the molecule is O=C(CCl)C[P+](c1ccccc1)(c1ccccc1)c1ccccc1.[Cl-]. The van der Waals surface area contributed by atoms with Crippen molar-refractivity contribution in [3.8, 4) is 0 Å². The minimum Gasteiger partial charge on any atom is -1.00 e. The molecule has 0 atom stereocenters. The number of alkyl halides is 1. The molecule has 3 rings (SSSR count). The molecule has 0 radical (unpaired) electrons. The molecule has 0 aliphatic carbocycles. The monoisotopic (exact) mass is 388 g/mol. The first kappa shape index (κ1) is 19.7. The number of halogens is 2. The fourth-order valence-electron chi connectivity index (χ4n) is 3.08. The van der Waals surface area contributed by atoms with E-state index in [0.29, 0.717) is 6.16 Å². The Bertz CT molecular complexity index is 695. The molecule has 0 unspecified atom stereocenters. The molecule has 25 heavy (non-hydrogen) atoms. The second kappa shape index (κ2) is 9.15. The Balaban J connectivity index is 0.00000225. The van der Waals surface area contributed by atoms with E-state index in [0.717, 1.165) is 0 Å². The van der Waals surface area contributed by atoms with Gasteiger partial charge in [0.1, 0.15) is 29.3 Å². The summed E-state index contributed by atoms with van der Waals surface area (Å²) in [5.41, 5.74) is 0. The fourth-order valence-corrected chi connectivity index (χ4v) is 7.43. The van der Waals surface area contributed by atoms with Gasteiger partial charge in [0.15, 0.2) is 5.78 Å². The van der Waals surface area contributed by atoms with E-state index < -0.39 is 7.26 Å². The molecule has 3 aromatic carbocycles. The van der Waals surface area contributed by atoms with Crippen LogP contribution in [0.15, 0.2) is 91.0 Å². The van der Waals surface area contributed by atoms with Gasteiger partial charge < -0.3 is 12.4 Å². The van der Waals surface area contributed by atoms with Gasteiger partial charge in [0.05, 0.1) is 5.88 Å². The number of carbonyl (C=O) groups is 1. The smallest absolute Gasteiger partial charge is 0.185 e. The van der Waals surface area contributed by atoms with Crippen LogP contribution in [0.3, 0.4) is 0 Å². The fraction of sp³-hybridized carbons (Fsp3) is 0.0952. The highest BCUT2D eigenvalue weighted by Gasteiger charge is 2.46. The minimum absolute atomic E-state index is 0. The van der Waals surface area contributed by atoms with Crippen LogP contribution in [0.4, 0.5) is 0 Å². The van der Waals surface area contributed by atoms with Crippen LogP contribution in [0.1, 0.15) is 0 Å². The predicted octanol–water partition coefficient (Wildman–Crippen LogP) is 0.792. The third kappa shape index (κ3) is 4.12. The third-order valence-electron chi connectivity index (χ3n) is 4.15. The van der Waals surface area contributed by atoms with E-state index in [-0.39, 0.29) is 24.1 Å². The van der Waals surface area contributed by atoms with Gasteiger partial charge in [-0.15, -0.1) is 11.6 Å². The van der Waals surface area contributed by atoms with Gasteiger partial charge in [-0.1, -0.05) is 54.6 Å². The quantitative estimate of drug-likeness (QED) is 0.450. The topological polar surface area (TPSA) is 17.1 Å². The van der Waals surface area contributed by atoms with Gasteiger partial charge in [-0.05, 0) is 36.4 Å². The Morgan fingerprint density at radius 1 is 0.680 bits per heavy atom. The van der Waals surface area contributed by atoms with Crippen molar-refractivity contribution in [3.05, 3.63) is 91.0 Å². The molecule has 4 heteroatoms. The van der Waals surface area contributed by atoms with Gasteiger partial charge in [0, 0.05) is 0 Å². The van der Waals surface area contributed by atoms with E-state index in [1.807, 2.05) is 54.6 Å². The van der Waals surface area contributed by atoms with Crippen LogP contribution in [-0.2, 0) is 4.79 Å². The molecule has 0 saturated carbocycles. The number of benzene rings is 3. The Morgan fingerprint density at radius 3 is 1.28 bits per heavy atom. The van der Waals surface area contributed by atoms with Crippen molar-refractivity contribution in [2.24, 2.45) is 0 Å². The van der Waals surface area contributed by atoms with E-state index in [1.165, 1.54) is 15.9 Å². The molecule has 0 aliphatic heterocycles. The average Bonchev–Trinajstić information content (AvgIpc) is 2.68. The van der Waals surface area contributed by atoms with E-state index >= 15 is 0 Å². The summed E-state index contributed by atoms with van der Waals surface area (Å²) in [6, 6.07) is 31.1. The number of carbonyl (C=O) groups excluding carboxylic acids is 1. The zero-order valence-electron chi connectivity index (χ0n) is 13.7. The Labute approximate surface area is 160 Å². The van der Waals surface area contributed by atoms with E-state index in [1.54, 1.807) is 0 Å². The molecular formula is C21H19Cl2OP. The summed E-state index contributed by atoms with van der Waals surface area (Å²) in [7, 11) is -2.06. The molecular weight excluding hydrogens is 370 g/mol. The molecule has 128 valence electrons. The van der Waals surface area contributed by atoms with Gasteiger partial charge >= 0.3 is 0 Å². The maximum absolute atomic E-state index is 12.4. The van der Waals surface area contributed by atoms with Gasteiger partial charge in [0.25, 0.3) is 0 Å². The highest BCUT2D eigenvalue weighted by atomic mass is 35.5. The molecule has 0 heterocycles. The summed E-state index contributed by atoms with van der Waals surface area (Å²) in [4.78, 5) is 12.4. The van der Waals surface area contributed by atoms with Crippen LogP contribution in [0.5, 0.6) is 0 Å². The van der Waals surface area contributed by atoms with Crippen molar-refractivity contribution >= 4 is 40.6 Å². The number of hydrogen-bond donors (Lipinski definition) is 0. The van der Waals surface area contributed by atoms with Crippen LogP contribution in [0.25, 0.3) is 0 Å².